The van der Waals surface area contributed by atoms with Gasteiger partial charge in [-0.25, -0.2) is 0 Å². The van der Waals surface area contributed by atoms with Crippen molar-refractivity contribution in [3.05, 3.63) is 33.8 Å². The number of hydrogen-bond donors (Lipinski definition) is 1. The highest BCUT2D eigenvalue weighted by atomic mass is 35.5. The van der Waals surface area contributed by atoms with Gasteiger partial charge in [0.2, 0.25) is 5.91 Å². The topological polar surface area (TPSA) is 32.3 Å². The molecule has 1 aliphatic heterocycles. The first-order chi connectivity index (χ1) is 11.0. The van der Waals surface area contributed by atoms with Gasteiger partial charge in [0, 0.05) is 13.0 Å². The summed E-state index contributed by atoms with van der Waals surface area (Å²) in [6.45, 7) is 7.05. The molecule has 0 aromatic heterocycles. The van der Waals surface area contributed by atoms with E-state index >= 15 is 0 Å². The highest BCUT2D eigenvalue weighted by Crippen LogP contribution is 2.29. The van der Waals surface area contributed by atoms with Crippen LogP contribution in [-0.4, -0.2) is 30.4 Å². The van der Waals surface area contributed by atoms with E-state index in [9.17, 15) is 4.79 Å². The predicted octanol–water partition coefficient (Wildman–Crippen LogP) is 5.10. The smallest absolute Gasteiger partial charge is 0.223 e. The summed E-state index contributed by atoms with van der Waals surface area (Å²) in [5.74, 6) is 0.875. The minimum atomic E-state index is 0. The number of hydrogen-bond acceptors (Lipinski definition) is 2. The highest BCUT2D eigenvalue weighted by molar-refractivity contribution is 6.42. The molecular weight excluding hydrogens is 367 g/mol. The molecule has 1 amide bonds. The first-order valence-electron chi connectivity index (χ1n) is 8.48. The molecule has 0 aliphatic carbocycles. The number of nitrogens with zero attached hydrogens (tertiary/aromatic N) is 1. The fourth-order valence-electron chi connectivity index (χ4n) is 3.16. The Balaban J connectivity index is 0.00000288. The number of nitrogens with one attached hydrogen (secondary N) is 1. The maximum absolute atomic E-state index is 12.7. The molecule has 6 heteroatoms. The van der Waals surface area contributed by atoms with E-state index in [1.165, 1.54) is 6.42 Å². The van der Waals surface area contributed by atoms with Gasteiger partial charge in [-0.2, -0.15) is 0 Å². The van der Waals surface area contributed by atoms with Crippen LogP contribution in [0, 0.1) is 5.92 Å². The predicted molar refractivity (Wildman–Crippen MR) is 104 cm³/mol. The zero-order valence-electron chi connectivity index (χ0n) is 14.4. The lowest BCUT2D eigenvalue weighted by Gasteiger charge is -2.30. The van der Waals surface area contributed by atoms with E-state index in [2.05, 4.69) is 19.2 Å². The number of rotatable bonds is 7. The van der Waals surface area contributed by atoms with Crippen molar-refractivity contribution in [2.45, 2.75) is 45.6 Å². The van der Waals surface area contributed by atoms with Crippen molar-refractivity contribution in [1.29, 1.82) is 0 Å². The first-order valence-corrected chi connectivity index (χ1v) is 9.23. The Hall–Kier alpha value is -0.480. The lowest BCUT2D eigenvalue weighted by atomic mass is 10.0. The normalized spacial score (nSPS) is 18.1. The molecule has 1 fully saturated rings. The Morgan fingerprint density at radius 1 is 1.38 bits per heavy atom. The Labute approximate surface area is 161 Å². The number of carbonyl (C=O) groups is 1. The molecule has 1 saturated heterocycles. The van der Waals surface area contributed by atoms with Gasteiger partial charge in [-0.15, -0.1) is 12.4 Å². The van der Waals surface area contributed by atoms with E-state index in [0.717, 1.165) is 38.0 Å². The fourth-order valence-corrected chi connectivity index (χ4v) is 3.47. The molecule has 0 radical (unpaired) electrons. The molecule has 1 heterocycles. The van der Waals surface area contributed by atoms with Gasteiger partial charge >= 0.3 is 0 Å². The van der Waals surface area contributed by atoms with Crippen molar-refractivity contribution in [3.63, 3.8) is 0 Å². The summed E-state index contributed by atoms with van der Waals surface area (Å²) in [6, 6.07) is 5.63. The van der Waals surface area contributed by atoms with E-state index in [4.69, 9.17) is 23.2 Å². The van der Waals surface area contributed by atoms with Crippen LogP contribution >= 0.6 is 35.6 Å². The van der Waals surface area contributed by atoms with Crippen LogP contribution in [0.1, 0.15) is 51.1 Å². The summed E-state index contributed by atoms with van der Waals surface area (Å²) in [7, 11) is 0. The quantitative estimate of drug-likeness (QED) is 0.698. The summed E-state index contributed by atoms with van der Waals surface area (Å²) in [5.41, 5.74) is 1.03. The lowest BCUT2D eigenvalue weighted by molar-refractivity contribution is -0.133. The van der Waals surface area contributed by atoms with Gasteiger partial charge < -0.3 is 10.2 Å². The van der Waals surface area contributed by atoms with Crippen molar-refractivity contribution in [2.75, 3.05) is 19.6 Å². The molecule has 2 unspecified atom stereocenters. The number of amides is 1. The van der Waals surface area contributed by atoms with Crippen LogP contribution in [0.5, 0.6) is 0 Å². The van der Waals surface area contributed by atoms with Gasteiger partial charge in [0.1, 0.15) is 0 Å². The molecule has 1 aromatic rings. The molecule has 0 spiro atoms. The molecule has 1 aliphatic rings. The van der Waals surface area contributed by atoms with E-state index in [1.807, 2.05) is 17.0 Å². The van der Waals surface area contributed by atoms with Crippen molar-refractivity contribution in [1.82, 2.24) is 10.2 Å². The van der Waals surface area contributed by atoms with E-state index < -0.39 is 0 Å². The van der Waals surface area contributed by atoms with Crippen molar-refractivity contribution in [3.8, 4) is 0 Å². The number of carbonyl (C=O) groups excluding carboxylic acids is 1. The third kappa shape index (κ3) is 5.80. The maximum Gasteiger partial charge on any atom is 0.223 e. The van der Waals surface area contributed by atoms with E-state index in [-0.39, 0.29) is 24.4 Å². The molecule has 0 bridgehead atoms. The Bertz CT molecular complexity index is 533. The molecule has 2 atom stereocenters. The largest absolute Gasteiger partial charge is 0.336 e. The zero-order valence-corrected chi connectivity index (χ0v) is 16.7. The van der Waals surface area contributed by atoms with Gasteiger partial charge in [-0.3, -0.25) is 4.79 Å². The molecule has 1 N–H and O–H groups in total. The molecular formula is C18H27Cl3N2O. The first kappa shape index (κ1) is 21.6. The van der Waals surface area contributed by atoms with Gasteiger partial charge in [0.05, 0.1) is 16.1 Å². The average Bonchev–Trinajstić information content (AvgIpc) is 3.05. The fraction of sp³-hybridized carbons (Fsp3) is 0.611. The minimum absolute atomic E-state index is 0. The van der Waals surface area contributed by atoms with Crippen LogP contribution in [0.25, 0.3) is 0 Å². The van der Waals surface area contributed by atoms with Crippen LogP contribution in [0.4, 0.5) is 0 Å². The SMILES string of the molecule is CCCN(C(=O)CCC1CCNC1)C(C)c1ccc(Cl)c(Cl)c1.Cl. The molecule has 1 aromatic carbocycles. The van der Waals surface area contributed by atoms with Crippen molar-refractivity contribution < 1.29 is 4.79 Å². The maximum atomic E-state index is 12.7. The van der Waals surface area contributed by atoms with Crippen LogP contribution < -0.4 is 5.32 Å². The summed E-state index contributed by atoms with van der Waals surface area (Å²) in [4.78, 5) is 14.7. The molecule has 3 nitrogen and oxygen atoms in total. The highest BCUT2D eigenvalue weighted by Gasteiger charge is 2.23. The van der Waals surface area contributed by atoms with Crippen LogP contribution in [0.3, 0.4) is 0 Å². The van der Waals surface area contributed by atoms with E-state index in [1.54, 1.807) is 6.07 Å². The van der Waals surface area contributed by atoms with Crippen LogP contribution in [0.15, 0.2) is 18.2 Å². The molecule has 2 rings (SSSR count). The van der Waals surface area contributed by atoms with Gasteiger partial charge in [-0.05, 0) is 62.9 Å². The lowest BCUT2D eigenvalue weighted by Crippen LogP contribution is -2.34. The van der Waals surface area contributed by atoms with Crippen molar-refractivity contribution in [2.24, 2.45) is 5.92 Å². The van der Waals surface area contributed by atoms with Crippen molar-refractivity contribution >= 4 is 41.5 Å². The summed E-state index contributed by atoms with van der Waals surface area (Å²) in [5, 5.41) is 4.44. The van der Waals surface area contributed by atoms with Gasteiger partial charge in [0.25, 0.3) is 0 Å². The standard InChI is InChI=1S/C18H26Cl2N2O.ClH/c1-3-10-22(18(23)7-4-14-8-9-21-12-14)13(2)15-5-6-16(19)17(20)11-15;/h5-6,11,13-14,21H,3-4,7-10,12H2,1-2H3;1H. The second kappa shape index (κ2) is 10.5. The Kier molecular flexibility index (Phi) is 9.43. The number of halogens is 3. The van der Waals surface area contributed by atoms with E-state index in [0.29, 0.717) is 22.4 Å². The second-order valence-electron chi connectivity index (χ2n) is 6.33. The molecule has 136 valence electrons. The average molecular weight is 394 g/mol. The molecule has 0 saturated carbocycles. The van der Waals surface area contributed by atoms with Crippen LogP contribution in [-0.2, 0) is 4.79 Å². The number of benzene rings is 1. The minimum Gasteiger partial charge on any atom is -0.336 e. The Morgan fingerprint density at radius 2 is 2.12 bits per heavy atom. The third-order valence-electron chi connectivity index (χ3n) is 4.61. The Morgan fingerprint density at radius 3 is 2.71 bits per heavy atom. The summed E-state index contributed by atoms with van der Waals surface area (Å²) in [6.07, 6.45) is 3.73. The monoisotopic (exact) mass is 392 g/mol. The zero-order chi connectivity index (χ0) is 16.8. The summed E-state index contributed by atoms with van der Waals surface area (Å²) >= 11 is 12.1. The summed E-state index contributed by atoms with van der Waals surface area (Å²) < 4.78 is 0. The second-order valence-corrected chi connectivity index (χ2v) is 7.15. The van der Waals surface area contributed by atoms with Crippen LogP contribution in [0.2, 0.25) is 10.0 Å². The third-order valence-corrected chi connectivity index (χ3v) is 5.35. The molecule has 24 heavy (non-hydrogen) atoms. The van der Waals surface area contributed by atoms with Gasteiger partial charge in [-0.1, -0.05) is 36.2 Å². The van der Waals surface area contributed by atoms with Gasteiger partial charge in [0.15, 0.2) is 0 Å².